The zero-order valence-electron chi connectivity index (χ0n) is 14.1. The number of aromatic nitrogens is 3. The molecule has 0 unspecified atom stereocenters. The molecule has 27 heavy (non-hydrogen) atoms. The predicted molar refractivity (Wildman–Crippen MR) is 98.3 cm³/mol. The van der Waals surface area contributed by atoms with Gasteiger partial charge < -0.3 is 9.47 Å². The lowest BCUT2D eigenvalue weighted by Crippen LogP contribution is -2.04. The Morgan fingerprint density at radius 3 is 1.70 bits per heavy atom. The molecule has 12 heteroatoms. The molecule has 0 atom stereocenters. The zero-order chi connectivity index (χ0) is 20.1. The van der Waals surface area contributed by atoms with Crippen molar-refractivity contribution in [2.75, 3.05) is 14.2 Å². The van der Waals surface area contributed by atoms with Gasteiger partial charge in [-0.3, -0.25) is 0 Å². The highest BCUT2D eigenvalue weighted by atomic mass is 31.1. The van der Waals surface area contributed by atoms with Crippen LogP contribution in [0.4, 0.5) is 17.6 Å². The van der Waals surface area contributed by atoms with Crippen LogP contribution in [-0.2, 0) is 6.18 Å². The number of ether oxygens (including phenoxy) is 2. The van der Waals surface area contributed by atoms with E-state index in [0.717, 1.165) is 37.7 Å². The molecule has 0 aliphatic rings. The van der Waals surface area contributed by atoms with Crippen LogP contribution >= 0.6 is 25.5 Å². The van der Waals surface area contributed by atoms with E-state index >= 15 is 0 Å². The van der Waals surface area contributed by atoms with Gasteiger partial charge in [-0.2, -0.15) is 26.7 Å². The molecule has 0 saturated heterocycles. The number of alkyl halides is 3. The minimum absolute atomic E-state index is 0.213. The van der Waals surface area contributed by atoms with Crippen LogP contribution in [0, 0.1) is 5.82 Å². The normalized spacial score (nSPS) is 10.7. The van der Waals surface area contributed by atoms with Crippen LogP contribution < -0.4 is 9.47 Å². The Morgan fingerprint density at radius 1 is 0.778 bits per heavy atom. The van der Waals surface area contributed by atoms with Crippen molar-refractivity contribution in [2.45, 2.75) is 6.18 Å². The van der Waals surface area contributed by atoms with Gasteiger partial charge in [-0.1, -0.05) is 6.07 Å². The molecular weight excluding hydrogens is 423 g/mol. The molecule has 0 aliphatic carbocycles. The first-order valence-electron chi connectivity index (χ1n) is 7.07. The molecule has 2 aromatic carbocycles. The number of hydrogen-bond acceptors (Lipinski definition) is 5. The van der Waals surface area contributed by atoms with E-state index in [1.54, 1.807) is 19.2 Å². The average Bonchev–Trinajstić information content (AvgIpc) is 2.70. The highest BCUT2D eigenvalue weighted by molar-refractivity contribution is 7.43. The quantitative estimate of drug-likeness (QED) is 0.450. The molecule has 0 aliphatic heterocycles. The maximum absolute atomic E-state index is 12.2. The Hall–Kier alpha value is -1.94. The Labute approximate surface area is 158 Å². The second-order valence-corrected chi connectivity index (χ2v) is 7.11. The van der Waals surface area contributed by atoms with Gasteiger partial charge in [-0.15, -0.1) is 0 Å². The molecule has 5 nitrogen and oxygen atoms in total. The number of rotatable bonds is 2. The third-order valence-corrected chi connectivity index (χ3v) is 4.61. The second kappa shape index (κ2) is 12.4. The highest BCUT2D eigenvalue weighted by Crippen LogP contribution is 2.31. The van der Waals surface area contributed by atoms with E-state index in [1.165, 1.54) is 31.4 Å². The van der Waals surface area contributed by atoms with Crippen molar-refractivity contribution in [3.63, 3.8) is 0 Å². The number of methoxy groups -OCH3 is 2. The fourth-order valence-corrected chi connectivity index (χ4v) is 3.30. The summed E-state index contributed by atoms with van der Waals surface area (Å²) >= 11 is 0. The van der Waals surface area contributed by atoms with Crippen molar-refractivity contribution in [3.05, 3.63) is 59.9 Å². The first kappa shape index (κ1) is 23.1. The molecule has 1 aromatic heterocycles. The first-order chi connectivity index (χ1) is 12.9. The fourth-order valence-electron chi connectivity index (χ4n) is 1.48. The van der Waals surface area contributed by atoms with Crippen LogP contribution in [0.1, 0.15) is 5.56 Å². The van der Waals surface area contributed by atoms with E-state index in [9.17, 15) is 17.6 Å². The van der Waals surface area contributed by atoms with E-state index < -0.39 is 11.7 Å². The van der Waals surface area contributed by atoms with Crippen LogP contribution in [0.25, 0.3) is 0 Å². The molecular formula is C15H14F4N3O2P3. The Bertz CT molecular complexity index is 755. The predicted octanol–water partition coefficient (Wildman–Crippen LogP) is 6.16. The maximum atomic E-state index is 12.2. The summed E-state index contributed by atoms with van der Waals surface area (Å²) in [7, 11) is 5.37. The summed E-state index contributed by atoms with van der Waals surface area (Å²) in [5.41, 5.74) is -0.693. The van der Waals surface area contributed by atoms with Gasteiger partial charge in [0.25, 0.3) is 0 Å². The first-order valence-corrected chi connectivity index (χ1v) is 9.47. The average molecular weight is 437 g/mol. The van der Waals surface area contributed by atoms with Crippen LogP contribution in [0.2, 0.25) is 0 Å². The van der Waals surface area contributed by atoms with E-state index in [1.807, 2.05) is 0 Å². The molecule has 1 heterocycles. The molecule has 0 fully saturated rings. The molecule has 3 rings (SSSR count). The van der Waals surface area contributed by atoms with Gasteiger partial charge in [0.05, 0.1) is 19.8 Å². The van der Waals surface area contributed by atoms with Crippen LogP contribution in [-0.4, -0.2) is 27.7 Å². The summed E-state index contributed by atoms with van der Waals surface area (Å²) in [6.45, 7) is 0. The third-order valence-electron chi connectivity index (χ3n) is 2.69. The molecule has 0 spiro atoms. The number of halogens is 4. The van der Waals surface area contributed by atoms with Gasteiger partial charge >= 0.3 is 6.18 Å². The van der Waals surface area contributed by atoms with E-state index in [-0.39, 0.29) is 11.6 Å². The number of nitrogens with zero attached hydrogens (tertiary/aromatic N) is 3. The fraction of sp³-hybridized carbons (Fsp3) is 0.200. The monoisotopic (exact) mass is 437 g/mol. The zero-order valence-corrected chi connectivity index (χ0v) is 16.8. The molecule has 0 bridgehead atoms. The summed E-state index contributed by atoms with van der Waals surface area (Å²) in [6.07, 6.45) is -4.30. The van der Waals surface area contributed by atoms with Crippen molar-refractivity contribution < 1.29 is 27.0 Å². The largest absolute Gasteiger partial charge is 0.497 e. The second-order valence-electron chi connectivity index (χ2n) is 4.42. The van der Waals surface area contributed by atoms with Crippen LogP contribution in [0.15, 0.2) is 48.5 Å². The summed E-state index contributed by atoms with van der Waals surface area (Å²) in [5, 5.41) is 0. The van der Waals surface area contributed by atoms with Gasteiger partial charge in [0, 0.05) is 0 Å². The summed E-state index contributed by atoms with van der Waals surface area (Å²) < 4.78 is 69.1. The third kappa shape index (κ3) is 10.1. The van der Waals surface area contributed by atoms with Crippen molar-refractivity contribution in [3.8, 4) is 11.5 Å². The van der Waals surface area contributed by atoms with Crippen molar-refractivity contribution in [1.82, 2.24) is 13.5 Å². The van der Waals surface area contributed by atoms with Gasteiger partial charge in [-0.25, -0.2) is 4.39 Å². The van der Waals surface area contributed by atoms with Gasteiger partial charge in [-0.05, 0) is 42.5 Å². The molecule has 0 radical (unpaired) electrons. The maximum Gasteiger partial charge on any atom is 0.416 e. The van der Waals surface area contributed by atoms with E-state index in [4.69, 9.17) is 4.74 Å². The number of benzene rings is 2. The Morgan fingerprint density at radius 2 is 1.30 bits per heavy atom. The highest BCUT2D eigenvalue weighted by Gasteiger charge is 2.30. The summed E-state index contributed by atoms with van der Waals surface area (Å²) in [5.74, 6) is 0.650. The van der Waals surface area contributed by atoms with Crippen LogP contribution in [0.5, 0.6) is 11.5 Å². The Kier molecular flexibility index (Phi) is 10.6. The van der Waals surface area contributed by atoms with Gasteiger partial charge in [0.1, 0.15) is 17.3 Å². The smallest absolute Gasteiger partial charge is 0.416 e. The van der Waals surface area contributed by atoms with Gasteiger partial charge in [0.2, 0.25) is 0 Å². The van der Waals surface area contributed by atoms with Crippen LogP contribution in [0.3, 0.4) is 0 Å². The summed E-state index contributed by atoms with van der Waals surface area (Å²) in [4.78, 5) is 0. The molecule has 0 amide bonds. The molecule has 0 saturated carbocycles. The van der Waals surface area contributed by atoms with Crippen molar-refractivity contribution >= 4 is 25.5 Å². The minimum atomic E-state index is -4.30. The SMILES string of the molecule is COc1ccc(F)cc1.COc1cccc(C(F)(F)F)c1.n1pnpnp1. The van der Waals surface area contributed by atoms with E-state index in [2.05, 4.69) is 18.3 Å². The topological polar surface area (TPSA) is 57.1 Å². The van der Waals surface area contributed by atoms with Crippen molar-refractivity contribution in [1.29, 1.82) is 0 Å². The number of hydrogen-bond donors (Lipinski definition) is 0. The lowest BCUT2D eigenvalue weighted by atomic mass is 10.2. The molecule has 0 N–H and O–H groups in total. The molecule has 144 valence electrons. The lowest BCUT2D eigenvalue weighted by Gasteiger charge is -2.07. The molecule has 3 aromatic rings. The minimum Gasteiger partial charge on any atom is -0.497 e. The standard InChI is InChI=1S/C8H7F3O.C7H7FO.N3P3/c1-12-7-4-2-3-6(5-7)8(9,10)11;1-9-7-4-2-6(8)3-5-7;1-4-2-6-3-5-1/h2-5H,1H3;2-5H,1H3;. The summed E-state index contributed by atoms with van der Waals surface area (Å²) in [6, 6.07) is 10.6. The lowest BCUT2D eigenvalue weighted by molar-refractivity contribution is -0.137. The van der Waals surface area contributed by atoms with Crippen molar-refractivity contribution in [2.24, 2.45) is 0 Å². The van der Waals surface area contributed by atoms with Gasteiger partial charge in [0.15, 0.2) is 25.5 Å². The van der Waals surface area contributed by atoms with E-state index in [0.29, 0.717) is 5.75 Å². The Balaban J connectivity index is 0.000000214.